The van der Waals surface area contributed by atoms with Gasteiger partial charge < -0.3 is 0 Å². The van der Waals surface area contributed by atoms with Crippen LogP contribution in [0.25, 0.3) is 0 Å². The molecule has 5 nitrogen and oxygen atoms in total. The van der Waals surface area contributed by atoms with E-state index in [9.17, 15) is 8.42 Å². The molecule has 1 heterocycles. The SMILES string of the molecule is O=S(=O)(c1ccn[nH]1)N(CCBr)C1CCCCC1. The maximum Gasteiger partial charge on any atom is 0.260 e. The monoisotopic (exact) mass is 335 g/mol. The van der Waals surface area contributed by atoms with E-state index >= 15 is 0 Å². The van der Waals surface area contributed by atoms with Crippen molar-refractivity contribution in [3.63, 3.8) is 0 Å². The van der Waals surface area contributed by atoms with E-state index in [1.165, 1.54) is 18.7 Å². The summed E-state index contributed by atoms with van der Waals surface area (Å²) in [5, 5.41) is 7.13. The van der Waals surface area contributed by atoms with Gasteiger partial charge in [-0.2, -0.15) is 9.40 Å². The summed E-state index contributed by atoms with van der Waals surface area (Å²) in [5.41, 5.74) is 0. The van der Waals surface area contributed by atoms with Crippen molar-refractivity contribution >= 4 is 26.0 Å². The summed E-state index contributed by atoms with van der Waals surface area (Å²) in [6.45, 7) is 0.506. The summed E-state index contributed by atoms with van der Waals surface area (Å²) in [6.07, 6.45) is 6.83. The van der Waals surface area contributed by atoms with Gasteiger partial charge in [0.25, 0.3) is 10.0 Å². The maximum atomic E-state index is 12.5. The van der Waals surface area contributed by atoms with Crippen molar-refractivity contribution in [3.8, 4) is 0 Å². The lowest BCUT2D eigenvalue weighted by Gasteiger charge is -2.32. The first-order valence-electron chi connectivity index (χ1n) is 6.23. The highest BCUT2D eigenvalue weighted by atomic mass is 79.9. The van der Waals surface area contributed by atoms with Gasteiger partial charge in [-0.3, -0.25) is 5.10 Å². The number of hydrogen-bond donors (Lipinski definition) is 1. The zero-order valence-corrected chi connectivity index (χ0v) is 12.6. The summed E-state index contributed by atoms with van der Waals surface area (Å²) in [5.74, 6) is 0. The first kappa shape index (κ1) is 14.0. The molecule has 0 amide bonds. The number of nitrogens with one attached hydrogen (secondary N) is 1. The number of aromatic nitrogens is 2. The molecule has 0 radical (unpaired) electrons. The highest BCUT2D eigenvalue weighted by Crippen LogP contribution is 2.27. The van der Waals surface area contributed by atoms with Crippen LogP contribution in [0.5, 0.6) is 0 Å². The zero-order chi connectivity index (χ0) is 13.0. The van der Waals surface area contributed by atoms with Gasteiger partial charge in [0.05, 0.1) is 6.20 Å². The Morgan fingerprint density at radius 2 is 2.11 bits per heavy atom. The Morgan fingerprint density at radius 3 is 2.67 bits per heavy atom. The molecule has 0 bridgehead atoms. The minimum Gasteiger partial charge on any atom is -0.266 e. The third-order valence-corrected chi connectivity index (χ3v) is 5.58. The fourth-order valence-electron chi connectivity index (χ4n) is 2.46. The molecule has 0 aliphatic heterocycles. The van der Waals surface area contributed by atoms with Crippen molar-refractivity contribution in [2.75, 3.05) is 11.9 Å². The Morgan fingerprint density at radius 1 is 1.39 bits per heavy atom. The van der Waals surface area contributed by atoms with Gasteiger partial charge in [-0.05, 0) is 18.9 Å². The van der Waals surface area contributed by atoms with Gasteiger partial charge in [-0.1, -0.05) is 35.2 Å². The minimum atomic E-state index is -3.43. The molecule has 0 unspecified atom stereocenters. The molecule has 1 fully saturated rings. The molecule has 102 valence electrons. The quantitative estimate of drug-likeness (QED) is 0.838. The molecule has 1 aromatic rings. The third kappa shape index (κ3) is 2.95. The lowest BCUT2D eigenvalue weighted by Crippen LogP contribution is -2.42. The highest BCUT2D eigenvalue weighted by molar-refractivity contribution is 9.09. The topological polar surface area (TPSA) is 66.1 Å². The van der Waals surface area contributed by atoms with Crippen LogP contribution < -0.4 is 0 Å². The molecule has 1 aliphatic carbocycles. The van der Waals surface area contributed by atoms with Crippen LogP contribution in [0.15, 0.2) is 17.3 Å². The van der Waals surface area contributed by atoms with E-state index in [4.69, 9.17) is 0 Å². The number of rotatable bonds is 5. The lowest BCUT2D eigenvalue weighted by atomic mass is 9.95. The Labute approximate surface area is 116 Å². The van der Waals surface area contributed by atoms with Gasteiger partial charge in [0.15, 0.2) is 5.03 Å². The number of nitrogens with zero attached hydrogens (tertiary/aromatic N) is 2. The van der Waals surface area contributed by atoms with Crippen molar-refractivity contribution < 1.29 is 8.42 Å². The van der Waals surface area contributed by atoms with Crippen LogP contribution in [-0.4, -0.2) is 40.8 Å². The van der Waals surface area contributed by atoms with Crippen LogP contribution in [0, 0.1) is 0 Å². The Balaban J connectivity index is 2.23. The van der Waals surface area contributed by atoms with Crippen LogP contribution in [-0.2, 0) is 10.0 Å². The van der Waals surface area contributed by atoms with E-state index < -0.39 is 10.0 Å². The van der Waals surface area contributed by atoms with Crippen molar-refractivity contribution in [3.05, 3.63) is 12.3 Å². The van der Waals surface area contributed by atoms with E-state index in [1.54, 1.807) is 4.31 Å². The van der Waals surface area contributed by atoms with Crippen LogP contribution in [0.3, 0.4) is 0 Å². The molecule has 2 rings (SSSR count). The van der Waals surface area contributed by atoms with Crippen molar-refractivity contribution in [2.45, 2.75) is 43.2 Å². The van der Waals surface area contributed by atoms with Crippen LogP contribution in [0.1, 0.15) is 32.1 Å². The summed E-state index contributed by atoms with van der Waals surface area (Å²) >= 11 is 3.34. The number of sulfonamides is 1. The highest BCUT2D eigenvalue weighted by Gasteiger charge is 2.32. The summed E-state index contributed by atoms with van der Waals surface area (Å²) in [6, 6.07) is 1.64. The van der Waals surface area contributed by atoms with Gasteiger partial charge in [-0.15, -0.1) is 0 Å². The molecule has 18 heavy (non-hydrogen) atoms. The molecule has 0 atom stereocenters. The Hall–Kier alpha value is -0.400. The third-order valence-electron chi connectivity index (χ3n) is 3.35. The predicted octanol–water partition coefficient (Wildman–Crippen LogP) is 2.13. The number of hydrogen-bond acceptors (Lipinski definition) is 3. The molecule has 1 saturated carbocycles. The van der Waals surface area contributed by atoms with Gasteiger partial charge >= 0.3 is 0 Å². The number of H-pyrrole nitrogens is 1. The zero-order valence-electron chi connectivity index (χ0n) is 10.2. The second kappa shape index (κ2) is 6.16. The predicted molar refractivity (Wildman–Crippen MR) is 73.1 cm³/mol. The van der Waals surface area contributed by atoms with E-state index in [0.717, 1.165) is 25.7 Å². The average molecular weight is 336 g/mol. The number of alkyl halides is 1. The summed E-state index contributed by atoms with van der Waals surface area (Å²) in [4.78, 5) is 0. The van der Waals surface area contributed by atoms with Crippen LogP contribution >= 0.6 is 15.9 Å². The maximum absolute atomic E-state index is 12.5. The Kier molecular flexibility index (Phi) is 4.80. The molecular weight excluding hydrogens is 318 g/mol. The molecule has 0 aromatic carbocycles. The van der Waals surface area contributed by atoms with E-state index in [1.807, 2.05) is 0 Å². The molecule has 0 saturated heterocycles. The van der Waals surface area contributed by atoms with Crippen molar-refractivity contribution in [1.29, 1.82) is 0 Å². The van der Waals surface area contributed by atoms with Crippen LogP contribution in [0.4, 0.5) is 0 Å². The first-order valence-corrected chi connectivity index (χ1v) is 8.79. The van der Waals surface area contributed by atoms with Crippen molar-refractivity contribution in [1.82, 2.24) is 14.5 Å². The number of halogens is 1. The second-order valence-corrected chi connectivity index (χ2v) is 7.17. The molecular formula is C11H18BrN3O2S. The van der Waals surface area contributed by atoms with Gasteiger partial charge in [0.1, 0.15) is 0 Å². The van der Waals surface area contributed by atoms with E-state index in [-0.39, 0.29) is 11.1 Å². The van der Waals surface area contributed by atoms with Gasteiger partial charge in [0.2, 0.25) is 0 Å². The van der Waals surface area contributed by atoms with Gasteiger partial charge in [-0.25, -0.2) is 8.42 Å². The largest absolute Gasteiger partial charge is 0.266 e. The summed E-state index contributed by atoms with van der Waals surface area (Å²) in [7, 11) is -3.43. The summed E-state index contributed by atoms with van der Waals surface area (Å²) < 4.78 is 26.7. The van der Waals surface area contributed by atoms with E-state index in [2.05, 4.69) is 26.1 Å². The smallest absolute Gasteiger partial charge is 0.260 e. The Bertz CT molecular complexity index is 455. The average Bonchev–Trinajstić information content (AvgIpc) is 2.91. The molecule has 0 spiro atoms. The number of aromatic amines is 1. The first-order chi connectivity index (χ1) is 8.66. The second-order valence-electron chi connectivity index (χ2n) is 4.52. The van der Waals surface area contributed by atoms with Gasteiger partial charge in [0, 0.05) is 17.9 Å². The van der Waals surface area contributed by atoms with Crippen LogP contribution in [0.2, 0.25) is 0 Å². The van der Waals surface area contributed by atoms with Crippen molar-refractivity contribution in [2.24, 2.45) is 0 Å². The molecule has 7 heteroatoms. The lowest BCUT2D eigenvalue weighted by molar-refractivity contribution is 0.262. The standard InChI is InChI=1S/C11H18BrN3O2S/c12-7-9-15(10-4-2-1-3-5-10)18(16,17)11-6-8-13-14-11/h6,8,10H,1-5,7,9H2,(H,13,14). The normalized spacial score (nSPS) is 18.3. The molecule has 1 aliphatic rings. The minimum absolute atomic E-state index is 0.129. The molecule has 1 aromatic heterocycles. The fourth-order valence-corrected chi connectivity index (χ4v) is 4.67. The van der Waals surface area contributed by atoms with E-state index in [0.29, 0.717) is 11.9 Å². The fraction of sp³-hybridized carbons (Fsp3) is 0.727. The molecule has 1 N–H and O–H groups in total.